The van der Waals surface area contributed by atoms with Crippen LogP contribution in [0.4, 0.5) is 0 Å². The summed E-state index contributed by atoms with van der Waals surface area (Å²) in [6.07, 6.45) is 10.4. The molecule has 0 aromatic carbocycles. The van der Waals surface area contributed by atoms with Crippen molar-refractivity contribution < 1.29 is 22.5 Å². The van der Waals surface area contributed by atoms with Gasteiger partial charge >= 0.3 is 0 Å². The average Bonchev–Trinajstić information content (AvgIpc) is 3.06. The van der Waals surface area contributed by atoms with Gasteiger partial charge in [0.25, 0.3) is 0 Å². The molecule has 0 bridgehead atoms. The molecule has 4 aliphatic rings. The van der Waals surface area contributed by atoms with Crippen LogP contribution in [-0.4, -0.2) is 51.3 Å². The molecule has 4 aliphatic carbocycles. The van der Waals surface area contributed by atoms with Gasteiger partial charge in [0.15, 0.2) is 22.4 Å². The number of fused-ring (bicyclic) bond motifs is 5. The first kappa shape index (κ1) is 34.2. The van der Waals surface area contributed by atoms with Crippen molar-refractivity contribution in [3.05, 3.63) is 34.8 Å². The molecule has 2 fully saturated rings. The fourth-order valence-corrected chi connectivity index (χ4v) is 12.2. The van der Waals surface area contributed by atoms with Crippen molar-refractivity contribution in [1.82, 2.24) is 0 Å². The Morgan fingerprint density at radius 3 is 2.02 bits per heavy atom. The number of ketones is 1. The van der Waals surface area contributed by atoms with E-state index in [1.807, 2.05) is 0 Å². The van der Waals surface area contributed by atoms with Crippen molar-refractivity contribution >= 4 is 39.1 Å². The van der Waals surface area contributed by atoms with Gasteiger partial charge in [-0.2, -0.15) is 0 Å². The van der Waals surface area contributed by atoms with Crippen molar-refractivity contribution in [2.45, 2.75) is 137 Å². The van der Waals surface area contributed by atoms with E-state index in [-0.39, 0.29) is 23.2 Å². The van der Waals surface area contributed by atoms with Crippen LogP contribution in [0.1, 0.15) is 52.4 Å². The molecule has 9 heteroatoms. The summed E-state index contributed by atoms with van der Waals surface area (Å²) < 4.78 is 27.0. The monoisotopic (exact) mass is 648 g/mol. The van der Waals surface area contributed by atoms with E-state index in [4.69, 9.17) is 17.7 Å². The molecule has 0 saturated heterocycles. The highest BCUT2D eigenvalue weighted by Gasteiger charge is 2.68. The topological polar surface area (TPSA) is 54.0 Å². The smallest absolute Gasteiger partial charge is 0.242 e. The maximum atomic E-state index is 14.5. The van der Waals surface area contributed by atoms with Crippen LogP contribution in [0.2, 0.25) is 78.6 Å². The van der Waals surface area contributed by atoms with E-state index in [9.17, 15) is 4.79 Å². The molecular formula is C33H60O5Si4. The zero-order valence-corrected chi connectivity index (χ0v) is 33.3. The Morgan fingerprint density at radius 1 is 0.857 bits per heavy atom. The van der Waals surface area contributed by atoms with Gasteiger partial charge in [0.1, 0.15) is 5.60 Å². The van der Waals surface area contributed by atoms with Crippen molar-refractivity contribution in [2.24, 2.45) is 22.7 Å². The van der Waals surface area contributed by atoms with Gasteiger partial charge in [0.05, 0.1) is 18.1 Å². The number of carbonyl (C=O) groups excluding carboxylic acids is 1. The molecule has 238 valence electrons. The normalized spacial score (nSPS) is 33.8. The lowest BCUT2D eigenvalue weighted by Crippen LogP contribution is -2.61. The second-order valence-corrected chi connectivity index (χ2v) is 35.6. The van der Waals surface area contributed by atoms with Gasteiger partial charge in [-0.05, 0) is 140 Å². The Bertz CT molecular complexity index is 1180. The molecule has 0 heterocycles. The van der Waals surface area contributed by atoms with Gasteiger partial charge < -0.3 is 17.7 Å². The van der Waals surface area contributed by atoms with Crippen LogP contribution in [0.25, 0.3) is 0 Å². The summed E-state index contributed by atoms with van der Waals surface area (Å²) in [6.45, 7) is 31.8. The molecule has 42 heavy (non-hydrogen) atoms. The predicted molar refractivity (Wildman–Crippen MR) is 184 cm³/mol. The van der Waals surface area contributed by atoms with Gasteiger partial charge in [0.2, 0.25) is 16.6 Å². The quantitative estimate of drug-likeness (QED) is 0.221. The molecule has 0 aromatic rings. The summed E-state index contributed by atoms with van der Waals surface area (Å²) in [4.78, 5) is 14.5. The van der Waals surface area contributed by atoms with Crippen LogP contribution in [0.5, 0.6) is 0 Å². The highest BCUT2D eigenvalue weighted by Crippen LogP contribution is 2.68. The van der Waals surface area contributed by atoms with Crippen LogP contribution in [0, 0.1) is 22.7 Å². The zero-order chi connectivity index (χ0) is 31.7. The molecule has 0 amide bonds. The number of carbonyl (C=O) groups is 1. The number of allylic oxidation sites excluding steroid dienone is 5. The highest BCUT2D eigenvalue weighted by atomic mass is 28.4. The third-order valence-electron chi connectivity index (χ3n) is 9.71. The Labute approximate surface area is 261 Å². The molecular weight excluding hydrogens is 589 g/mol. The lowest BCUT2D eigenvalue weighted by molar-refractivity contribution is -0.152. The maximum absolute atomic E-state index is 14.5. The molecule has 4 rings (SSSR count). The summed E-state index contributed by atoms with van der Waals surface area (Å²) in [7, 11) is -7.58. The van der Waals surface area contributed by atoms with Crippen LogP contribution in [0.15, 0.2) is 34.8 Å². The number of hydrogen-bond acceptors (Lipinski definition) is 5. The van der Waals surface area contributed by atoms with E-state index >= 15 is 0 Å². The Hall–Kier alpha value is -0.722. The van der Waals surface area contributed by atoms with Gasteiger partial charge in [-0.1, -0.05) is 19.4 Å². The van der Waals surface area contributed by atoms with E-state index in [0.29, 0.717) is 11.8 Å². The summed E-state index contributed by atoms with van der Waals surface area (Å²) in [6, 6.07) is 0. The first-order chi connectivity index (χ1) is 18.9. The SMILES string of the molecule is C[C@]12CC=C(O[Si](C)(C)C)C=C1CCC1C2=C(O[Si](C)(C)C)C[C@@]2(C)C1CC[C@]2(O[Si](C)(C)C)C(=O)CO[Si](C)(C)C. The van der Waals surface area contributed by atoms with E-state index in [2.05, 4.69) is 105 Å². The Kier molecular flexibility index (Phi) is 8.92. The minimum Gasteiger partial charge on any atom is -0.547 e. The summed E-state index contributed by atoms with van der Waals surface area (Å²) in [5.41, 5.74) is 1.78. The van der Waals surface area contributed by atoms with Gasteiger partial charge in [-0.25, -0.2) is 0 Å². The number of Topliss-reactive ketones (excluding diaryl/α,β-unsaturated/α-hetero) is 1. The van der Waals surface area contributed by atoms with E-state index in [0.717, 1.165) is 44.3 Å². The molecule has 0 radical (unpaired) electrons. The molecule has 2 unspecified atom stereocenters. The highest BCUT2D eigenvalue weighted by molar-refractivity contribution is 6.71. The number of hydrogen-bond donors (Lipinski definition) is 0. The molecule has 2 saturated carbocycles. The molecule has 0 N–H and O–H groups in total. The average molecular weight is 649 g/mol. The Balaban J connectivity index is 1.84. The van der Waals surface area contributed by atoms with E-state index in [1.165, 1.54) is 16.9 Å². The van der Waals surface area contributed by atoms with Crippen molar-refractivity contribution in [1.29, 1.82) is 0 Å². The lowest BCUT2D eigenvalue weighted by Gasteiger charge is -2.57. The van der Waals surface area contributed by atoms with Crippen LogP contribution in [-0.2, 0) is 22.5 Å². The minimum atomic E-state index is -2.08. The summed E-state index contributed by atoms with van der Waals surface area (Å²) in [5.74, 6) is 3.16. The molecule has 5 atom stereocenters. The summed E-state index contributed by atoms with van der Waals surface area (Å²) in [5, 5.41) is 0. The van der Waals surface area contributed by atoms with Crippen LogP contribution in [0.3, 0.4) is 0 Å². The number of rotatable bonds is 10. The van der Waals surface area contributed by atoms with Crippen molar-refractivity contribution in [3.8, 4) is 0 Å². The zero-order valence-electron chi connectivity index (χ0n) is 29.3. The van der Waals surface area contributed by atoms with E-state index < -0.39 is 38.9 Å². The predicted octanol–water partition coefficient (Wildman–Crippen LogP) is 9.40. The van der Waals surface area contributed by atoms with Gasteiger partial charge in [0, 0.05) is 17.3 Å². The molecule has 0 spiro atoms. The lowest BCUT2D eigenvalue weighted by atomic mass is 9.50. The molecule has 0 aromatic heterocycles. The largest absolute Gasteiger partial charge is 0.547 e. The summed E-state index contributed by atoms with van der Waals surface area (Å²) >= 11 is 0. The molecule has 5 nitrogen and oxygen atoms in total. The van der Waals surface area contributed by atoms with Crippen LogP contribution < -0.4 is 0 Å². The van der Waals surface area contributed by atoms with Gasteiger partial charge in [-0.15, -0.1) is 0 Å². The first-order valence-corrected chi connectivity index (χ1v) is 29.9. The minimum absolute atomic E-state index is 0.0681. The molecule has 0 aliphatic heterocycles. The van der Waals surface area contributed by atoms with Crippen molar-refractivity contribution in [2.75, 3.05) is 6.61 Å². The third-order valence-corrected chi connectivity index (χ3v) is 13.4. The second kappa shape index (κ2) is 11.0. The van der Waals surface area contributed by atoms with Crippen molar-refractivity contribution in [3.63, 3.8) is 0 Å². The standard InChI is InChI=1S/C33H60O5Si4/c1-31-19-17-25(36-40(6,7)8)21-24(31)15-16-26-27-18-20-33(38-42(12,13)14,29(34)23-35-39(3,4)5)32(27,2)22-28(30(26)31)37-41(9,10)11/h17,21,26-27H,15-16,18-20,22-23H2,1-14H3/t26?,27?,31-,32-,33-/m0/s1. The Morgan fingerprint density at radius 2 is 1.48 bits per heavy atom. The maximum Gasteiger partial charge on any atom is 0.242 e. The van der Waals surface area contributed by atoms with Gasteiger partial charge in [-0.3, -0.25) is 4.79 Å². The first-order valence-electron chi connectivity index (χ1n) is 16.3. The second-order valence-electron chi connectivity index (χ2n) is 17.8. The fraction of sp³-hybridized carbons (Fsp3) is 0.788. The van der Waals surface area contributed by atoms with Crippen LogP contribution >= 0.6 is 0 Å². The fourth-order valence-electron chi connectivity index (χ4n) is 8.34. The third kappa shape index (κ3) is 6.76. The van der Waals surface area contributed by atoms with E-state index in [1.54, 1.807) is 0 Å².